The molecule has 1 aliphatic rings. The molecule has 0 radical (unpaired) electrons. The monoisotopic (exact) mass is 229 g/mol. The first-order valence-electron chi connectivity index (χ1n) is 6.07. The first kappa shape index (κ1) is 11.9. The van der Waals surface area contributed by atoms with E-state index in [9.17, 15) is 0 Å². The molecule has 2 rings (SSSR count). The Morgan fingerprint density at radius 2 is 2.12 bits per heavy atom. The van der Waals surface area contributed by atoms with Crippen LogP contribution in [0.5, 0.6) is 0 Å². The largest absolute Gasteiger partial charge is 0.369 e. The Labute approximate surface area is 103 Å². The van der Waals surface area contributed by atoms with E-state index in [0.29, 0.717) is 6.04 Å². The zero-order valence-electron chi connectivity index (χ0n) is 10.8. The normalized spacial score (nSPS) is 21.3. The molecule has 0 spiro atoms. The average molecular weight is 229 g/mol. The van der Waals surface area contributed by atoms with Gasteiger partial charge in [-0.25, -0.2) is 0 Å². The SMILES string of the molecule is Cc1cc(N2CCN(C)C(C)C2)ccc1C#N. The van der Waals surface area contributed by atoms with Crippen molar-refractivity contribution in [3.63, 3.8) is 0 Å². The number of nitrogens with zero attached hydrogens (tertiary/aromatic N) is 3. The zero-order chi connectivity index (χ0) is 12.4. The summed E-state index contributed by atoms with van der Waals surface area (Å²) < 4.78 is 0. The molecule has 0 N–H and O–H groups in total. The number of piperazine rings is 1. The Morgan fingerprint density at radius 1 is 1.35 bits per heavy atom. The van der Waals surface area contributed by atoms with Gasteiger partial charge < -0.3 is 9.80 Å². The second-order valence-electron chi connectivity index (χ2n) is 4.89. The van der Waals surface area contributed by atoms with Crippen LogP contribution in [0.25, 0.3) is 0 Å². The maximum atomic E-state index is 8.93. The molecule has 0 aliphatic carbocycles. The zero-order valence-corrected chi connectivity index (χ0v) is 10.8. The third kappa shape index (κ3) is 2.42. The number of hydrogen-bond acceptors (Lipinski definition) is 3. The van der Waals surface area contributed by atoms with Gasteiger partial charge >= 0.3 is 0 Å². The van der Waals surface area contributed by atoms with E-state index >= 15 is 0 Å². The highest BCUT2D eigenvalue weighted by molar-refractivity contribution is 5.53. The summed E-state index contributed by atoms with van der Waals surface area (Å²) in [6.07, 6.45) is 0. The van der Waals surface area contributed by atoms with Gasteiger partial charge in [-0.15, -0.1) is 0 Å². The Morgan fingerprint density at radius 3 is 2.71 bits per heavy atom. The van der Waals surface area contributed by atoms with Crippen molar-refractivity contribution in [2.45, 2.75) is 19.9 Å². The summed E-state index contributed by atoms with van der Waals surface area (Å²) in [7, 11) is 2.17. The van der Waals surface area contributed by atoms with Crippen molar-refractivity contribution < 1.29 is 0 Å². The van der Waals surface area contributed by atoms with Crippen LogP contribution >= 0.6 is 0 Å². The summed E-state index contributed by atoms with van der Waals surface area (Å²) in [4.78, 5) is 4.78. The smallest absolute Gasteiger partial charge is 0.0994 e. The number of anilines is 1. The Kier molecular flexibility index (Phi) is 3.35. The van der Waals surface area contributed by atoms with Gasteiger partial charge in [-0.2, -0.15) is 5.26 Å². The van der Waals surface area contributed by atoms with E-state index in [1.54, 1.807) is 0 Å². The molecule has 0 bridgehead atoms. The summed E-state index contributed by atoms with van der Waals surface area (Å²) in [5.74, 6) is 0. The first-order chi connectivity index (χ1) is 8.11. The fourth-order valence-corrected chi connectivity index (χ4v) is 2.25. The fraction of sp³-hybridized carbons (Fsp3) is 0.500. The molecule has 1 fully saturated rings. The van der Waals surface area contributed by atoms with Crippen LogP contribution in [0.4, 0.5) is 5.69 Å². The van der Waals surface area contributed by atoms with Crippen LogP contribution in [-0.4, -0.2) is 37.6 Å². The predicted molar refractivity (Wildman–Crippen MR) is 70.2 cm³/mol. The van der Waals surface area contributed by atoms with Crippen LogP contribution in [0.1, 0.15) is 18.1 Å². The van der Waals surface area contributed by atoms with Crippen LogP contribution in [0.3, 0.4) is 0 Å². The fourth-order valence-electron chi connectivity index (χ4n) is 2.25. The molecule has 0 amide bonds. The highest BCUT2D eigenvalue weighted by Crippen LogP contribution is 2.21. The van der Waals surface area contributed by atoms with Gasteiger partial charge in [0.1, 0.15) is 0 Å². The van der Waals surface area contributed by atoms with E-state index in [1.807, 2.05) is 13.0 Å². The van der Waals surface area contributed by atoms with Crippen molar-refractivity contribution in [1.82, 2.24) is 4.90 Å². The lowest BCUT2D eigenvalue weighted by molar-refractivity contribution is 0.234. The van der Waals surface area contributed by atoms with Gasteiger partial charge in [0.25, 0.3) is 0 Å². The maximum absolute atomic E-state index is 8.93. The van der Waals surface area contributed by atoms with E-state index in [0.717, 1.165) is 30.8 Å². The third-order valence-electron chi connectivity index (χ3n) is 3.66. The molecular weight excluding hydrogens is 210 g/mol. The van der Waals surface area contributed by atoms with Crippen molar-refractivity contribution in [2.75, 3.05) is 31.6 Å². The minimum Gasteiger partial charge on any atom is -0.369 e. The quantitative estimate of drug-likeness (QED) is 0.738. The predicted octanol–water partition coefficient (Wildman–Crippen LogP) is 2.01. The van der Waals surface area contributed by atoms with E-state index in [-0.39, 0.29) is 0 Å². The van der Waals surface area contributed by atoms with Gasteiger partial charge in [0.05, 0.1) is 11.6 Å². The van der Waals surface area contributed by atoms with Crippen LogP contribution in [0.2, 0.25) is 0 Å². The van der Waals surface area contributed by atoms with Gasteiger partial charge in [-0.05, 0) is 44.7 Å². The molecule has 0 saturated carbocycles. The summed E-state index contributed by atoms with van der Waals surface area (Å²) in [6.45, 7) is 7.47. The molecule has 3 heteroatoms. The summed E-state index contributed by atoms with van der Waals surface area (Å²) in [5, 5.41) is 8.93. The summed E-state index contributed by atoms with van der Waals surface area (Å²) in [5.41, 5.74) is 3.08. The Balaban J connectivity index is 2.18. The van der Waals surface area contributed by atoms with Crippen LogP contribution in [-0.2, 0) is 0 Å². The van der Waals surface area contributed by atoms with E-state index in [4.69, 9.17) is 5.26 Å². The van der Waals surface area contributed by atoms with E-state index in [2.05, 4.69) is 42.0 Å². The highest BCUT2D eigenvalue weighted by atomic mass is 15.3. The van der Waals surface area contributed by atoms with Gasteiger partial charge in [-0.3, -0.25) is 0 Å². The van der Waals surface area contributed by atoms with Crippen LogP contribution in [0.15, 0.2) is 18.2 Å². The van der Waals surface area contributed by atoms with Crippen LogP contribution in [0, 0.1) is 18.3 Å². The molecule has 1 heterocycles. The third-order valence-corrected chi connectivity index (χ3v) is 3.66. The minimum atomic E-state index is 0.583. The van der Waals surface area contributed by atoms with Gasteiger partial charge in [0.2, 0.25) is 0 Å². The minimum absolute atomic E-state index is 0.583. The van der Waals surface area contributed by atoms with Crippen molar-refractivity contribution in [3.05, 3.63) is 29.3 Å². The molecule has 3 nitrogen and oxygen atoms in total. The van der Waals surface area contributed by atoms with E-state index < -0.39 is 0 Å². The molecule has 1 saturated heterocycles. The number of nitriles is 1. The first-order valence-corrected chi connectivity index (χ1v) is 6.07. The van der Waals surface area contributed by atoms with Gasteiger partial charge in [0.15, 0.2) is 0 Å². The Bertz CT molecular complexity index is 447. The number of rotatable bonds is 1. The van der Waals surface area contributed by atoms with Gasteiger partial charge in [0, 0.05) is 31.4 Å². The van der Waals surface area contributed by atoms with Crippen molar-refractivity contribution in [2.24, 2.45) is 0 Å². The standard InChI is InChI=1S/C14H19N3/c1-11-8-14(5-4-13(11)9-15)17-7-6-16(3)12(2)10-17/h4-5,8,12H,6-7,10H2,1-3H3. The van der Waals surface area contributed by atoms with Crippen molar-refractivity contribution in [1.29, 1.82) is 5.26 Å². The molecule has 0 aromatic heterocycles. The number of hydrogen-bond donors (Lipinski definition) is 0. The van der Waals surface area contributed by atoms with Gasteiger partial charge in [-0.1, -0.05) is 0 Å². The molecule has 1 aromatic rings. The maximum Gasteiger partial charge on any atom is 0.0994 e. The topological polar surface area (TPSA) is 30.3 Å². The van der Waals surface area contributed by atoms with E-state index in [1.165, 1.54) is 5.69 Å². The highest BCUT2D eigenvalue weighted by Gasteiger charge is 2.20. The number of likely N-dealkylation sites (N-methyl/N-ethyl adjacent to an activating group) is 1. The van der Waals surface area contributed by atoms with Crippen molar-refractivity contribution in [3.8, 4) is 6.07 Å². The average Bonchev–Trinajstić information content (AvgIpc) is 2.32. The van der Waals surface area contributed by atoms with Crippen molar-refractivity contribution >= 4 is 5.69 Å². The molecule has 17 heavy (non-hydrogen) atoms. The Hall–Kier alpha value is -1.53. The second kappa shape index (κ2) is 4.77. The molecular formula is C14H19N3. The lowest BCUT2D eigenvalue weighted by atomic mass is 10.1. The second-order valence-corrected chi connectivity index (χ2v) is 4.89. The molecule has 90 valence electrons. The summed E-state index contributed by atoms with van der Waals surface area (Å²) in [6, 6.07) is 8.90. The van der Waals surface area contributed by atoms with Crippen LogP contribution < -0.4 is 4.90 Å². The molecule has 1 atom stereocenters. The summed E-state index contributed by atoms with van der Waals surface area (Å²) >= 11 is 0. The number of aryl methyl sites for hydroxylation is 1. The molecule has 1 aromatic carbocycles. The number of benzene rings is 1. The lowest BCUT2D eigenvalue weighted by Gasteiger charge is -2.39. The molecule has 1 aliphatic heterocycles. The lowest BCUT2D eigenvalue weighted by Crippen LogP contribution is -2.50. The molecule has 1 unspecified atom stereocenters.